The fourth-order valence-corrected chi connectivity index (χ4v) is 2.89. The second-order valence-electron chi connectivity index (χ2n) is 5.71. The van der Waals surface area contributed by atoms with Crippen LogP contribution >= 0.6 is 0 Å². The number of amides is 1. The van der Waals surface area contributed by atoms with Gasteiger partial charge in [0.25, 0.3) is 5.91 Å². The molecule has 2 N–H and O–H groups in total. The molecule has 1 saturated heterocycles. The van der Waals surface area contributed by atoms with Crippen LogP contribution in [0.4, 0.5) is 0 Å². The smallest absolute Gasteiger partial charge is 0.342 e. The predicted molar refractivity (Wildman–Crippen MR) is 79.7 cm³/mol. The standard InChI is InChI=1S/C16H21NO5/c1-10-4-3-5-11(2)17(10)15(20)9-22-16(21)13-7-6-12(18)8-14(13)19/h6-8,10-11,18-19H,3-5,9H2,1-2H3/t10-,11-/m1/s1. The summed E-state index contributed by atoms with van der Waals surface area (Å²) in [6, 6.07) is 3.85. The lowest BCUT2D eigenvalue weighted by Gasteiger charge is -2.38. The fourth-order valence-electron chi connectivity index (χ4n) is 2.89. The molecule has 120 valence electrons. The summed E-state index contributed by atoms with van der Waals surface area (Å²) in [5.74, 6) is -1.55. The van der Waals surface area contributed by atoms with E-state index in [9.17, 15) is 19.8 Å². The molecular formula is C16H21NO5. The number of hydrogen-bond donors (Lipinski definition) is 2. The molecule has 2 atom stereocenters. The van der Waals surface area contributed by atoms with E-state index in [4.69, 9.17) is 4.74 Å². The summed E-state index contributed by atoms with van der Waals surface area (Å²) in [4.78, 5) is 25.9. The molecule has 0 bridgehead atoms. The van der Waals surface area contributed by atoms with Crippen LogP contribution in [0.25, 0.3) is 0 Å². The van der Waals surface area contributed by atoms with E-state index in [0.29, 0.717) is 0 Å². The molecule has 0 aromatic heterocycles. The van der Waals surface area contributed by atoms with Crippen molar-refractivity contribution in [3.63, 3.8) is 0 Å². The number of ether oxygens (including phenoxy) is 1. The molecule has 22 heavy (non-hydrogen) atoms. The lowest BCUT2D eigenvalue weighted by atomic mass is 9.97. The highest BCUT2D eigenvalue weighted by atomic mass is 16.5. The van der Waals surface area contributed by atoms with E-state index in [1.54, 1.807) is 4.90 Å². The van der Waals surface area contributed by atoms with Gasteiger partial charge in [-0.2, -0.15) is 0 Å². The molecule has 6 nitrogen and oxygen atoms in total. The van der Waals surface area contributed by atoms with Gasteiger partial charge in [-0.15, -0.1) is 0 Å². The first-order chi connectivity index (χ1) is 10.4. The monoisotopic (exact) mass is 307 g/mol. The summed E-state index contributed by atoms with van der Waals surface area (Å²) in [5.41, 5.74) is -0.0784. The molecule has 0 radical (unpaired) electrons. The maximum Gasteiger partial charge on any atom is 0.342 e. The fraction of sp³-hybridized carbons (Fsp3) is 0.500. The van der Waals surface area contributed by atoms with E-state index in [1.807, 2.05) is 13.8 Å². The van der Waals surface area contributed by atoms with E-state index in [-0.39, 0.29) is 41.7 Å². The molecule has 2 rings (SSSR count). The van der Waals surface area contributed by atoms with E-state index in [2.05, 4.69) is 0 Å². The highest BCUT2D eigenvalue weighted by molar-refractivity contribution is 5.94. The zero-order chi connectivity index (χ0) is 16.3. The van der Waals surface area contributed by atoms with Crippen molar-refractivity contribution in [1.29, 1.82) is 0 Å². The number of phenols is 2. The van der Waals surface area contributed by atoms with Crippen molar-refractivity contribution in [2.24, 2.45) is 0 Å². The predicted octanol–water partition coefficient (Wildman–Crippen LogP) is 2.04. The first kappa shape index (κ1) is 16.1. The highest BCUT2D eigenvalue weighted by Crippen LogP contribution is 2.24. The van der Waals surface area contributed by atoms with Crippen LogP contribution in [0.3, 0.4) is 0 Å². The molecule has 0 unspecified atom stereocenters. The third-order valence-corrected chi connectivity index (χ3v) is 4.01. The molecule has 1 aliphatic rings. The van der Waals surface area contributed by atoms with Crippen LogP contribution in [0.15, 0.2) is 18.2 Å². The zero-order valence-corrected chi connectivity index (χ0v) is 12.8. The first-order valence-electron chi connectivity index (χ1n) is 7.40. The third kappa shape index (κ3) is 3.50. The maximum absolute atomic E-state index is 12.2. The van der Waals surface area contributed by atoms with Crippen LogP contribution in [0.5, 0.6) is 11.5 Å². The van der Waals surface area contributed by atoms with E-state index in [0.717, 1.165) is 25.3 Å². The second-order valence-corrected chi connectivity index (χ2v) is 5.71. The van der Waals surface area contributed by atoms with Crippen LogP contribution in [0.1, 0.15) is 43.5 Å². The van der Waals surface area contributed by atoms with Crippen molar-refractivity contribution in [3.05, 3.63) is 23.8 Å². The number of hydrogen-bond acceptors (Lipinski definition) is 5. The molecule has 1 heterocycles. The molecule has 1 aromatic rings. The molecule has 1 aliphatic heterocycles. The Morgan fingerprint density at radius 3 is 2.45 bits per heavy atom. The number of carbonyl (C=O) groups is 2. The van der Waals surface area contributed by atoms with Crippen LogP contribution in [-0.2, 0) is 9.53 Å². The number of carbonyl (C=O) groups excluding carboxylic acids is 2. The molecule has 0 aliphatic carbocycles. The zero-order valence-electron chi connectivity index (χ0n) is 12.8. The van der Waals surface area contributed by atoms with Crippen molar-refractivity contribution in [2.45, 2.75) is 45.2 Å². The minimum Gasteiger partial charge on any atom is -0.508 e. The van der Waals surface area contributed by atoms with Gasteiger partial charge >= 0.3 is 5.97 Å². The van der Waals surface area contributed by atoms with Gasteiger partial charge in [-0.3, -0.25) is 4.79 Å². The number of aromatic hydroxyl groups is 2. The van der Waals surface area contributed by atoms with E-state index in [1.165, 1.54) is 12.1 Å². The number of piperidine rings is 1. The average Bonchev–Trinajstić information content (AvgIpc) is 2.44. The van der Waals surface area contributed by atoms with E-state index >= 15 is 0 Å². The molecule has 1 fully saturated rings. The van der Waals surface area contributed by atoms with Gasteiger partial charge in [0.15, 0.2) is 6.61 Å². The lowest BCUT2D eigenvalue weighted by molar-refractivity contribution is -0.140. The Kier molecular flexibility index (Phi) is 4.90. The summed E-state index contributed by atoms with van der Waals surface area (Å²) >= 11 is 0. The van der Waals surface area contributed by atoms with Crippen LogP contribution in [0, 0.1) is 0 Å². The summed E-state index contributed by atoms with van der Waals surface area (Å²) < 4.78 is 4.99. The third-order valence-electron chi connectivity index (χ3n) is 4.01. The van der Waals surface area contributed by atoms with Gasteiger partial charge in [0.05, 0.1) is 0 Å². The average molecular weight is 307 g/mol. The van der Waals surface area contributed by atoms with Gasteiger partial charge < -0.3 is 19.8 Å². The summed E-state index contributed by atoms with van der Waals surface area (Å²) in [6.07, 6.45) is 2.98. The SMILES string of the molecule is C[C@@H]1CCC[C@@H](C)N1C(=O)COC(=O)c1ccc(O)cc1O. The van der Waals surface area contributed by atoms with Gasteiger partial charge in [0.2, 0.25) is 0 Å². The van der Waals surface area contributed by atoms with Crippen molar-refractivity contribution < 1.29 is 24.5 Å². The van der Waals surface area contributed by atoms with Gasteiger partial charge in [-0.1, -0.05) is 0 Å². The molecule has 1 aromatic carbocycles. The lowest BCUT2D eigenvalue weighted by Crippen LogP contribution is -2.49. The Morgan fingerprint density at radius 2 is 1.86 bits per heavy atom. The number of nitrogens with zero attached hydrogens (tertiary/aromatic N) is 1. The number of phenolic OH excluding ortho intramolecular Hbond substituents is 2. The van der Waals surface area contributed by atoms with E-state index < -0.39 is 5.97 Å². The Hall–Kier alpha value is -2.24. The topological polar surface area (TPSA) is 87.1 Å². The Balaban J connectivity index is 1.97. The second kappa shape index (κ2) is 6.68. The van der Waals surface area contributed by atoms with Crippen molar-refractivity contribution in [2.75, 3.05) is 6.61 Å². The Labute approximate surface area is 129 Å². The molecule has 6 heteroatoms. The normalized spacial score (nSPS) is 21.5. The van der Waals surface area contributed by atoms with Gasteiger partial charge in [0.1, 0.15) is 17.1 Å². The van der Waals surface area contributed by atoms with Crippen molar-refractivity contribution in [3.8, 4) is 11.5 Å². The molecular weight excluding hydrogens is 286 g/mol. The number of benzene rings is 1. The minimum absolute atomic E-state index is 0.0784. The van der Waals surface area contributed by atoms with Crippen LogP contribution in [0.2, 0.25) is 0 Å². The molecule has 1 amide bonds. The van der Waals surface area contributed by atoms with Crippen LogP contribution in [-0.4, -0.2) is 45.7 Å². The quantitative estimate of drug-likeness (QED) is 0.835. The molecule has 0 spiro atoms. The van der Waals surface area contributed by atoms with Gasteiger partial charge in [-0.25, -0.2) is 4.79 Å². The maximum atomic E-state index is 12.2. The Morgan fingerprint density at radius 1 is 1.23 bits per heavy atom. The summed E-state index contributed by atoms with van der Waals surface area (Å²) in [7, 11) is 0. The summed E-state index contributed by atoms with van der Waals surface area (Å²) in [5, 5.41) is 18.8. The van der Waals surface area contributed by atoms with Gasteiger partial charge in [0, 0.05) is 18.2 Å². The van der Waals surface area contributed by atoms with Crippen molar-refractivity contribution in [1.82, 2.24) is 4.90 Å². The number of rotatable bonds is 3. The summed E-state index contributed by atoms with van der Waals surface area (Å²) in [6.45, 7) is 3.62. The number of esters is 1. The molecule has 0 saturated carbocycles. The largest absolute Gasteiger partial charge is 0.508 e. The Bertz CT molecular complexity index is 562. The van der Waals surface area contributed by atoms with Crippen molar-refractivity contribution >= 4 is 11.9 Å². The first-order valence-corrected chi connectivity index (χ1v) is 7.40. The number of likely N-dealkylation sites (tertiary alicyclic amines) is 1. The highest BCUT2D eigenvalue weighted by Gasteiger charge is 2.29. The van der Waals surface area contributed by atoms with Gasteiger partial charge in [-0.05, 0) is 45.2 Å². The minimum atomic E-state index is -0.789. The van der Waals surface area contributed by atoms with Crippen LogP contribution < -0.4 is 0 Å².